The van der Waals surface area contributed by atoms with Gasteiger partial charge in [-0.2, -0.15) is 8.42 Å². The quantitative estimate of drug-likeness (QED) is 0.262. The van der Waals surface area contributed by atoms with Gasteiger partial charge in [0.15, 0.2) is 0 Å². The Kier molecular flexibility index (Phi) is 13.0. The predicted molar refractivity (Wildman–Crippen MR) is 93.3 cm³/mol. The van der Waals surface area contributed by atoms with Crippen LogP contribution in [-0.4, -0.2) is 75.8 Å². The maximum Gasteiger partial charge on any atom is 0.264 e. The summed E-state index contributed by atoms with van der Waals surface area (Å²) in [5.74, 6) is -0.143. The fourth-order valence-corrected chi connectivity index (χ4v) is 3.54. The Morgan fingerprint density at radius 2 is 1.43 bits per heavy atom. The second kappa shape index (κ2) is 13.1. The first-order valence-electron chi connectivity index (χ1n) is 8.85. The van der Waals surface area contributed by atoms with Crippen molar-refractivity contribution < 1.29 is 26.9 Å². The molecule has 0 spiro atoms. The highest BCUT2D eigenvalue weighted by Crippen LogP contribution is 2.13. The van der Waals surface area contributed by atoms with Gasteiger partial charge < -0.3 is 14.0 Å². The Morgan fingerprint density at radius 3 is 1.96 bits per heavy atom. The van der Waals surface area contributed by atoms with Gasteiger partial charge in [0.05, 0.1) is 45.2 Å². The first kappa shape index (κ1) is 22.8. The van der Waals surface area contributed by atoms with E-state index in [0.717, 1.165) is 49.9 Å². The molecule has 0 unspecified atom stereocenters. The Hall–Kier alpha value is -0.210. The van der Waals surface area contributed by atoms with E-state index < -0.39 is 10.1 Å². The minimum Gasteiger partial charge on any atom is -0.379 e. The van der Waals surface area contributed by atoms with E-state index >= 15 is 0 Å². The summed E-state index contributed by atoms with van der Waals surface area (Å²) in [6.07, 6.45) is 3.50. The van der Waals surface area contributed by atoms with Crippen molar-refractivity contribution in [1.82, 2.24) is 0 Å². The summed E-state index contributed by atoms with van der Waals surface area (Å²) in [4.78, 5) is 0. The van der Waals surface area contributed by atoms with Gasteiger partial charge in [-0.1, -0.05) is 13.8 Å². The van der Waals surface area contributed by atoms with Gasteiger partial charge in [0.2, 0.25) is 0 Å². The number of unbranched alkanes of at least 4 members (excludes halogenated alkanes) is 1. The third-order valence-electron chi connectivity index (χ3n) is 3.97. The lowest BCUT2D eigenvalue weighted by atomic mass is 10.2. The smallest absolute Gasteiger partial charge is 0.264 e. The summed E-state index contributed by atoms with van der Waals surface area (Å²) < 4.78 is 42.4. The molecule has 0 fully saturated rings. The van der Waals surface area contributed by atoms with Crippen molar-refractivity contribution in [2.24, 2.45) is 0 Å². The molecule has 0 rings (SSSR count). The molecule has 0 atom stereocenters. The molecule has 0 aromatic carbocycles. The zero-order valence-electron chi connectivity index (χ0n) is 15.1. The standard InChI is InChI=1S/C16H35NO5S/c1-4-9-17(10-5-2,11-7-8-16-23(18,19)20)12-13-22-15-14-21-6-3/h4-16H2,1-3H3/p+1. The number of hydrogen-bond donors (Lipinski definition) is 1. The van der Waals surface area contributed by atoms with Crippen molar-refractivity contribution >= 4 is 10.1 Å². The zero-order chi connectivity index (χ0) is 17.6. The fourth-order valence-electron chi connectivity index (χ4n) is 2.97. The third-order valence-corrected chi connectivity index (χ3v) is 4.77. The number of nitrogens with zero attached hydrogens (tertiary/aromatic N) is 1. The third kappa shape index (κ3) is 12.8. The van der Waals surface area contributed by atoms with Crippen molar-refractivity contribution in [1.29, 1.82) is 0 Å². The van der Waals surface area contributed by atoms with Crippen LogP contribution < -0.4 is 0 Å². The minimum atomic E-state index is -3.84. The number of ether oxygens (including phenoxy) is 2. The van der Waals surface area contributed by atoms with Crippen LogP contribution in [0.25, 0.3) is 0 Å². The van der Waals surface area contributed by atoms with Crippen LogP contribution in [0.15, 0.2) is 0 Å². The Bertz CT molecular complexity index is 367. The molecule has 0 aliphatic rings. The SMILES string of the molecule is CCC[N+](CCC)(CCCCS(=O)(=O)O)CCOCCOCC. The summed E-state index contributed by atoms with van der Waals surface area (Å²) in [6, 6.07) is 0. The second-order valence-corrected chi connectivity index (χ2v) is 7.61. The lowest BCUT2D eigenvalue weighted by molar-refractivity contribution is -0.928. The van der Waals surface area contributed by atoms with Crippen LogP contribution in [0.4, 0.5) is 0 Å². The van der Waals surface area contributed by atoms with E-state index in [1.54, 1.807) is 0 Å². The van der Waals surface area contributed by atoms with Gasteiger partial charge in [0.1, 0.15) is 6.54 Å². The van der Waals surface area contributed by atoms with E-state index in [1.807, 2.05) is 6.92 Å². The van der Waals surface area contributed by atoms with Crippen LogP contribution >= 0.6 is 0 Å². The highest BCUT2D eigenvalue weighted by Gasteiger charge is 2.25. The Balaban J connectivity index is 4.32. The monoisotopic (exact) mass is 354 g/mol. The van der Waals surface area contributed by atoms with Crippen LogP contribution in [-0.2, 0) is 19.6 Å². The number of quaternary nitrogens is 1. The molecular formula is C16H36NO5S+. The maximum absolute atomic E-state index is 10.8. The van der Waals surface area contributed by atoms with Gasteiger partial charge in [-0.15, -0.1) is 0 Å². The van der Waals surface area contributed by atoms with E-state index in [2.05, 4.69) is 13.8 Å². The molecule has 23 heavy (non-hydrogen) atoms. The van der Waals surface area contributed by atoms with Crippen LogP contribution in [0.2, 0.25) is 0 Å². The van der Waals surface area contributed by atoms with Gasteiger partial charge >= 0.3 is 0 Å². The molecule has 0 aromatic heterocycles. The van der Waals surface area contributed by atoms with Crippen molar-refractivity contribution in [3.05, 3.63) is 0 Å². The summed E-state index contributed by atoms with van der Waals surface area (Å²) in [5, 5.41) is 0. The summed E-state index contributed by atoms with van der Waals surface area (Å²) in [5.41, 5.74) is 0. The number of rotatable bonds is 16. The van der Waals surface area contributed by atoms with Gasteiger partial charge in [0, 0.05) is 6.61 Å². The minimum absolute atomic E-state index is 0.143. The molecule has 0 saturated carbocycles. The van der Waals surface area contributed by atoms with Crippen LogP contribution in [0.1, 0.15) is 46.5 Å². The molecule has 0 aliphatic carbocycles. The van der Waals surface area contributed by atoms with E-state index in [4.69, 9.17) is 14.0 Å². The number of hydrogen-bond acceptors (Lipinski definition) is 4. The van der Waals surface area contributed by atoms with Crippen molar-refractivity contribution in [3.63, 3.8) is 0 Å². The van der Waals surface area contributed by atoms with Crippen LogP contribution in [0.3, 0.4) is 0 Å². The summed E-state index contributed by atoms with van der Waals surface area (Å²) in [7, 11) is -3.84. The molecule has 140 valence electrons. The van der Waals surface area contributed by atoms with Gasteiger partial charge in [-0.3, -0.25) is 4.55 Å². The Morgan fingerprint density at radius 1 is 0.826 bits per heavy atom. The second-order valence-electron chi connectivity index (χ2n) is 6.04. The molecule has 1 N–H and O–H groups in total. The Labute approximate surface area is 142 Å². The van der Waals surface area contributed by atoms with E-state index in [0.29, 0.717) is 32.8 Å². The average Bonchev–Trinajstić information content (AvgIpc) is 2.47. The molecule has 0 heterocycles. The topological polar surface area (TPSA) is 72.8 Å². The molecule has 0 radical (unpaired) electrons. The van der Waals surface area contributed by atoms with E-state index in [9.17, 15) is 8.42 Å². The molecule has 0 aromatic rings. The summed E-state index contributed by atoms with van der Waals surface area (Å²) >= 11 is 0. The zero-order valence-corrected chi connectivity index (χ0v) is 15.9. The van der Waals surface area contributed by atoms with Crippen LogP contribution in [0.5, 0.6) is 0 Å². The molecular weight excluding hydrogens is 318 g/mol. The van der Waals surface area contributed by atoms with Gasteiger partial charge in [-0.05, 0) is 32.6 Å². The fraction of sp³-hybridized carbons (Fsp3) is 1.00. The lowest BCUT2D eigenvalue weighted by Crippen LogP contribution is -2.52. The molecule has 0 amide bonds. The van der Waals surface area contributed by atoms with Gasteiger partial charge in [0.25, 0.3) is 10.1 Å². The first-order chi connectivity index (χ1) is 10.9. The van der Waals surface area contributed by atoms with E-state index in [1.165, 1.54) is 0 Å². The van der Waals surface area contributed by atoms with E-state index in [-0.39, 0.29) is 5.75 Å². The van der Waals surface area contributed by atoms with Crippen molar-refractivity contribution in [2.75, 3.05) is 58.4 Å². The normalized spacial score (nSPS) is 12.7. The molecule has 6 nitrogen and oxygen atoms in total. The van der Waals surface area contributed by atoms with Gasteiger partial charge in [-0.25, -0.2) is 0 Å². The first-order valence-corrected chi connectivity index (χ1v) is 10.5. The largest absolute Gasteiger partial charge is 0.379 e. The summed E-state index contributed by atoms with van der Waals surface area (Å²) in [6.45, 7) is 13.0. The lowest BCUT2D eigenvalue weighted by Gasteiger charge is -2.38. The maximum atomic E-state index is 10.8. The molecule has 7 heteroatoms. The highest BCUT2D eigenvalue weighted by atomic mass is 32.2. The molecule has 0 saturated heterocycles. The molecule has 0 aliphatic heterocycles. The molecule has 0 bridgehead atoms. The van der Waals surface area contributed by atoms with Crippen molar-refractivity contribution in [2.45, 2.75) is 46.5 Å². The predicted octanol–water partition coefficient (Wildman–Crippen LogP) is 2.34. The average molecular weight is 355 g/mol. The van der Waals surface area contributed by atoms with Crippen molar-refractivity contribution in [3.8, 4) is 0 Å². The highest BCUT2D eigenvalue weighted by molar-refractivity contribution is 7.85. The van der Waals surface area contributed by atoms with Crippen LogP contribution in [0, 0.1) is 0 Å².